The highest BCUT2D eigenvalue weighted by Crippen LogP contribution is 2.24. The molecular formula is C10H18N2S. The number of rotatable bonds is 5. The summed E-state index contributed by atoms with van der Waals surface area (Å²) in [7, 11) is 2.01. The van der Waals surface area contributed by atoms with Crippen LogP contribution in [0.1, 0.15) is 38.4 Å². The highest BCUT2D eigenvalue weighted by molar-refractivity contribution is 7.07. The predicted molar refractivity (Wildman–Crippen MR) is 58.0 cm³/mol. The maximum atomic E-state index is 4.35. The molecule has 1 N–H and O–H groups in total. The van der Waals surface area contributed by atoms with Crippen LogP contribution in [-0.2, 0) is 0 Å². The zero-order valence-electron chi connectivity index (χ0n) is 8.58. The minimum absolute atomic E-state index is 0.422. The molecule has 0 amide bonds. The number of hydrogen-bond acceptors (Lipinski definition) is 3. The molecule has 0 saturated carbocycles. The van der Waals surface area contributed by atoms with Crippen molar-refractivity contribution in [2.45, 2.75) is 32.7 Å². The van der Waals surface area contributed by atoms with Gasteiger partial charge in [0.15, 0.2) is 0 Å². The maximum absolute atomic E-state index is 4.35. The van der Waals surface area contributed by atoms with Gasteiger partial charge in [-0.15, -0.1) is 11.3 Å². The molecule has 13 heavy (non-hydrogen) atoms. The monoisotopic (exact) mass is 198 g/mol. The normalized spacial score (nSPS) is 15.6. The Bertz CT molecular complexity index is 221. The summed E-state index contributed by atoms with van der Waals surface area (Å²) >= 11 is 1.67. The van der Waals surface area contributed by atoms with Crippen molar-refractivity contribution >= 4 is 11.3 Å². The van der Waals surface area contributed by atoms with Crippen LogP contribution in [0.2, 0.25) is 0 Å². The highest BCUT2D eigenvalue weighted by Gasteiger charge is 2.17. The van der Waals surface area contributed by atoms with Gasteiger partial charge in [-0.1, -0.05) is 20.3 Å². The molecule has 2 atom stereocenters. The zero-order valence-corrected chi connectivity index (χ0v) is 9.40. The molecule has 0 fully saturated rings. The Morgan fingerprint density at radius 2 is 2.38 bits per heavy atom. The summed E-state index contributed by atoms with van der Waals surface area (Å²) in [4.78, 5) is 4.35. The minimum atomic E-state index is 0.422. The van der Waals surface area contributed by atoms with Gasteiger partial charge in [0.2, 0.25) is 0 Å². The molecule has 0 aliphatic carbocycles. The lowest BCUT2D eigenvalue weighted by Crippen LogP contribution is -2.23. The number of nitrogens with zero attached hydrogens (tertiary/aromatic N) is 1. The van der Waals surface area contributed by atoms with Gasteiger partial charge in [-0.25, -0.2) is 4.98 Å². The first kappa shape index (κ1) is 10.7. The van der Waals surface area contributed by atoms with Crippen molar-refractivity contribution < 1.29 is 0 Å². The van der Waals surface area contributed by atoms with Crippen LogP contribution in [0, 0.1) is 5.92 Å². The second kappa shape index (κ2) is 5.35. The lowest BCUT2D eigenvalue weighted by molar-refractivity contribution is 0.378. The Kier molecular flexibility index (Phi) is 4.39. The maximum Gasteiger partial charge on any atom is 0.0795 e. The van der Waals surface area contributed by atoms with Gasteiger partial charge in [-0.05, 0) is 19.4 Å². The van der Waals surface area contributed by atoms with Gasteiger partial charge in [0.25, 0.3) is 0 Å². The summed E-state index contributed by atoms with van der Waals surface area (Å²) in [5.74, 6) is 0.664. The van der Waals surface area contributed by atoms with Gasteiger partial charge in [0.1, 0.15) is 0 Å². The summed E-state index contributed by atoms with van der Waals surface area (Å²) in [6, 6.07) is 0.422. The van der Waals surface area contributed by atoms with E-state index in [4.69, 9.17) is 0 Å². The van der Waals surface area contributed by atoms with E-state index in [-0.39, 0.29) is 0 Å². The number of hydrogen-bond donors (Lipinski definition) is 1. The Morgan fingerprint density at radius 1 is 1.62 bits per heavy atom. The van der Waals surface area contributed by atoms with E-state index in [0.717, 1.165) is 0 Å². The smallest absolute Gasteiger partial charge is 0.0795 e. The van der Waals surface area contributed by atoms with Crippen LogP contribution in [-0.4, -0.2) is 12.0 Å². The van der Waals surface area contributed by atoms with Crippen LogP contribution >= 0.6 is 11.3 Å². The van der Waals surface area contributed by atoms with E-state index in [1.54, 1.807) is 11.3 Å². The third kappa shape index (κ3) is 2.78. The van der Waals surface area contributed by atoms with E-state index in [2.05, 4.69) is 29.5 Å². The quantitative estimate of drug-likeness (QED) is 0.787. The Labute approximate surface area is 84.4 Å². The van der Waals surface area contributed by atoms with Gasteiger partial charge in [0.05, 0.1) is 17.2 Å². The van der Waals surface area contributed by atoms with Crippen LogP contribution in [0.3, 0.4) is 0 Å². The van der Waals surface area contributed by atoms with Crippen LogP contribution in [0.15, 0.2) is 10.9 Å². The minimum Gasteiger partial charge on any atom is -0.311 e. The van der Waals surface area contributed by atoms with Crippen molar-refractivity contribution in [3.63, 3.8) is 0 Å². The van der Waals surface area contributed by atoms with Crippen LogP contribution in [0.5, 0.6) is 0 Å². The van der Waals surface area contributed by atoms with E-state index in [9.17, 15) is 0 Å². The molecule has 3 heteroatoms. The van der Waals surface area contributed by atoms with E-state index in [0.29, 0.717) is 12.0 Å². The summed E-state index contributed by atoms with van der Waals surface area (Å²) in [5, 5.41) is 5.47. The fraction of sp³-hybridized carbons (Fsp3) is 0.700. The number of aromatic nitrogens is 1. The van der Waals surface area contributed by atoms with Gasteiger partial charge >= 0.3 is 0 Å². The predicted octanol–water partition coefficient (Wildman–Crippen LogP) is 2.84. The molecule has 0 aromatic carbocycles. The second-order valence-corrected chi connectivity index (χ2v) is 4.16. The van der Waals surface area contributed by atoms with Crippen molar-refractivity contribution in [3.05, 3.63) is 16.6 Å². The molecule has 1 aromatic rings. The average molecular weight is 198 g/mol. The molecule has 1 heterocycles. The summed E-state index contributed by atoms with van der Waals surface area (Å²) in [6.45, 7) is 4.51. The molecule has 0 saturated heterocycles. The van der Waals surface area contributed by atoms with Crippen LogP contribution in [0.25, 0.3) is 0 Å². The van der Waals surface area contributed by atoms with E-state index < -0.39 is 0 Å². The number of nitrogens with one attached hydrogen (secondary N) is 1. The van der Waals surface area contributed by atoms with Gasteiger partial charge in [-0.3, -0.25) is 0 Å². The van der Waals surface area contributed by atoms with Crippen molar-refractivity contribution in [1.82, 2.24) is 10.3 Å². The average Bonchev–Trinajstić information content (AvgIpc) is 2.59. The Hall–Kier alpha value is -0.410. The van der Waals surface area contributed by atoms with Crippen LogP contribution < -0.4 is 5.32 Å². The largest absolute Gasteiger partial charge is 0.311 e. The third-order valence-corrected chi connectivity index (χ3v) is 3.00. The lowest BCUT2D eigenvalue weighted by atomic mass is 9.95. The van der Waals surface area contributed by atoms with Crippen molar-refractivity contribution in [2.75, 3.05) is 7.05 Å². The topological polar surface area (TPSA) is 24.9 Å². The highest BCUT2D eigenvalue weighted by atomic mass is 32.1. The Balaban J connectivity index is 2.62. The third-order valence-electron chi connectivity index (χ3n) is 2.39. The molecule has 2 unspecified atom stereocenters. The lowest BCUT2D eigenvalue weighted by Gasteiger charge is -2.21. The SMILES string of the molecule is CCCC(C)C(NC)c1cscn1. The first-order valence-corrected chi connectivity index (χ1v) is 5.79. The van der Waals surface area contributed by atoms with Gasteiger partial charge < -0.3 is 5.32 Å². The standard InChI is InChI=1S/C10H18N2S/c1-4-5-8(2)10(11-3)9-6-13-7-12-9/h6-8,10-11H,4-5H2,1-3H3. The fourth-order valence-corrected chi connectivity index (χ4v) is 2.31. The van der Waals surface area contributed by atoms with E-state index in [1.807, 2.05) is 12.6 Å². The fourth-order valence-electron chi connectivity index (χ4n) is 1.72. The molecule has 0 aliphatic rings. The molecule has 0 radical (unpaired) electrons. The molecule has 0 spiro atoms. The van der Waals surface area contributed by atoms with E-state index >= 15 is 0 Å². The number of thiazole rings is 1. The molecular weight excluding hydrogens is 180 g/mol. The van der Waals surface area contributed by atoms with Gasteiger partial charge in [-0.2, -0.15) is 0 Å². The first-order chi connectivity index (χ1) is 6.29. The van der Waals surface area contributed by atoms with Crippen molar-refractivity contribution in [2.24, 2.45) is 5.92 Å². The van der Waals surface area contributed by atoms with Gasteiger partial charge in [0, 0.05) is 5.38 Å². The molecule has 74 valence electrons. The first-order valence-electron chi connectivity index (χ1n) is 4.85. The molecule has 1 aromatic heterocycles. The van der Waals surface area contributed by atoms with Crippen molar-refractivity contribution in [1.29, 1.82) is 0 Å². The molecule has 2 nitrogen and oxygen atoms in total. The zero-order chi connectivity index (χ0) is 9.68. The molecule has 0 aliphatic heterocycles. The summed E-state index contributed by atoms with van der Waals surface area (Å²) in [6.07, 6.45) is 2.49. The molecule has 0 bridgehead atoms. The van der Waals surface area contributed by atoms with Crippen molar-refractivity contribution in [3.8, 4) is 0 Å². The Morgan fingerprint density at radius 3 is 2.85 bits per heavy atom. The molecule has 1 rings (SSSR count). The summed E-state index contributed by atoms with van der Waals surface area (Å²) < 4.78 is 0. The van der Waals surface area contributed by atoms with Crippen LogP contribution in [0.4, 0.5) is 0 Å². The second-order valence-electron chi connectivity index (χ2n) is 3.45. The summed E-state index contributed by atoms with van der Waals surface area (Å²) in [5.41, 5.74) is 3.09. The van der Waals surface area contributed by atoms with E-state index in [1.165, 1.54) is 18.5 Å².